The van der Waals surface area contributed by atoms with E-state index in [9.17, 15) is 4.79 Å². The van der Waals surface area contributed by atoms with Crippen molar-refractivity contribution in [3.63, 3.8) is 0 Å². The third-order valence-electron chi connectivity index (χ3n) is 2.97. The van der Waals surface area contributed by atoms with Crippen molar-refractivity contribution in [3.8, 4) is 0 Å². The van der Waals surface area contributed by atoms with Crippen LogP contribution in [0.25, 0.3) is 0 Å². The maximum atomic E-state index is 12.0. The highest BCUT2D eigenvalue weighted by Crippen LogP contribution is 2.16. The van der Waals surface area contributed by atoms with E-state index in [4.69, 9.17) is 0 Å². The van der Waals surface area contributed by atoms with Gasteiger partial charge in [0.2, 0.25) is 5.91 Å². The molecule has 0 radical (unpaired) electrons. The summed E-state index contributed by atoms with van der Waals surface area (Å²) in [4.78, 5) is 16.0. The molecule has 2 rings (SSSR count). The van der Waals surface area contributed by atoms with Gasteiger partial charge in [0.15, 0.2) is 0 Å². The first-order chi connectivity index (χ1) is 7.77. The van der Waals surface area contributed by atoms with Crippen LogP contribution in [0.5, 0.6) is 0 Å². The molecule has 1 saturated heterocycles. The van der Waals surface area contributed by atoms with Crippen molar-refractivity contribution < 1.29 is 4.79 Å². The van der Waals surface area contributed by atoms with Crippen molar-refractivity contribution in [1.29, 1.82) is 0 Å². The fraction of sp³-hybridized carbons (Fsp3) is 0.500. The minimum absolute atomic E-state index is 0.0194. The van der Waals surface area contributed by atoms with Gasteiger partial charge in [0.05, 0.1) is 6.04 Å². The van der Waals surface area contributed by atoms with E-state index in [0.29, 0.717) is 11.7 Å². The molecule has 1 fully saturated rings. The smallest absolute Gasteiger partial charge is 0.242 e. The van der Waals surface area contributed by atoms with Gasteiger partial charge in [0.25, 0.3) is 0 Å². The molecule has 2 heterocycles. The number of piperidine rings is 1. The van der Waals surface area contributed by atoms with Crippen LogP contribution in [-0.2, 0) is 4.79 Å². The molecule has 2 unspecified atom stereocenters. The van der Waals surface area contributed by atoms with Crippen molar-refractivity contribution in [2.45, 2.75) is 25.8 Å². The molecule has 4 nitrogen and oxygen atoms in total. The molecule has 4 heteroatoms. The summed E-state index contributed by atoms with van der Waals surface area (Å²) in [6, 6.07) is 5.40. The summed E-state index contributed by atoms with van der Waals surface area (Å²) in [6.45, 7) is 3.03. The number of nitrogens with one attached hydrogen (secondary N) is 2. The SMILES string of the molecule is CC1CCCNC1C(=O)Nc1ccccn1. The van der Waals surface area contributed by atoms with Gasteiger partial charge in [-0.3, -0.25) is 4.79 Å². The van der Waals surface area contributed by atoms with Gasteiger partial charge in [-0.05, 0) is 37.4 Å². The lowest BCUT2D eigenvalue weighted by Crippen LogP contribution is -2.48. The van der Waals surface area contributed by atoms with Gasteiger partial charge in [0.1, 0.15) is 5.82 Å². The van der Waals surface area contributed by atoms with Crippen LogP contribution in [0.2, 0.25) is 0 Å². The van der Waals surface area contributed by atoms with E-state index in [-0.39, 0.29) is 11.9 Å². The Morgan fingerprint density at radius 2 is 2.44 bits per heavy atom. The lowest BCUT2D eigenvalue weighted by atomic mass is 9.92. The average molecular weight is 219 g/mol. The molecular formula is C12H17N3O. The number of aromatic nitrogens is 1. The Labute approximate surface area is 95.5 Å². The van der Waals surface area contributed by atoms with Crippen LogP contribution < -0.4 is 10.6 Å². The second-order valence-electron chi connectivity index (χ2n) is 4.26. The zero-order valence-corrected chi connectivity index (χ0v) is 9.44. The van der Waals surface area contributed by atoms with Gasteiger partial charge in [0, 0.05) is 6.20 Å². The Morgan fingerprint density at radius 1 is 1.56 bits per heavy atom. The molecule has 1 aromatic heterocycles. The minimum Gasteiger partial charge on any atom is -0.309 e. The maximum absolute atomic E-state index is 12.0. The highest BCUT2D eigenvalue weighted by Gasteiger charge is 2.27. The predicted octanol–water partition coefficient (Wildman–Crippen LogP) is 1.41. The standard InChI is InChI=1S/C12H17N3O/c1-9-5-4-8-14-11(9)12(16)15-10-6-2-3-7-13-10/h2-3,6-7,9,11,14H,4-5,8H2,1H3,(H,13,15,16). The molecule has 2 atom stereocenters. The molecule has 1 aromatic rings. The summed E-state index contributed by atoms with van der Waals surface area (Å²) in [5.41, 5.74) is 0. The fourth-order valence-corrected chi connectivity index (χ4v) is 2.04. The molecule has 1 aliphatic heterocycles. The number of anilines is 1. The molecular weight excluding hydrogens is 202 g/mol. The van der Waals surface area contributed by atoms with Gasteiger partial charge in [-0.2, -0.15) is 0 Å². The maximum Gasteiger partial charge on any atom is 0.242 e. The lowest BCUT2D eigenvalue weighted by Gasteiger charge is -2.28. The summed E-state index contributed by atoms with van der Waals surface area (Å²) in [6.07, 6.45) is 3.93. The van der Waals surface area contributed by atoms with Crippen LogP contribution in [0.3, 0.4) is 0 Å². The van der Waals surface area contributed by atoms with Crippen LogP contribution >= 0.6 is 0 Å². The second-order valence-corrected chi connectivity index (χ2v) is 4.26. The normalized spacial score (nSPS) is 25.1. The van der Waals surface area contributed by atoms with Crippen molar-refractivity contribution >= 4 is 11.7 Å². The summed E-state index contributed by atoms with van der Waals surface area (Å²) in [5.74, 6) is 1.02. The molecule has 1 aliphatic rings. The Bertz CT molecular complexity index is 353. The van der Waals surface area contributed by atoms with Crippen LogP contribution in [-0.4, -0.2) is 23.5 Å². The number of pyridine rings is 1. The van der Waals surface area contributed by atoms with E-state index in [0.717, 1.165) is 19.4 Å². The van der Waals surface area contributed by atoms with Crippen LogP contribution in [0.1, 0.15) is 19.8 Å². The monoisotopic (exact) mass is 219 g/mol. The van der Waals surface area contributed by atoms with Gasteiger partial charge < -0.3 is 10.6 Å². The van der Waals surface area contributed by atoms with Crippen molar-refractivity contribution in [2.24, 2.45) is 5.92 Å². The Morgan fingerprint density at radius 3 is 3.12 bits per heavy atom. The molecule has 0 aromatic carbocycles. The molecule has 86 valence electrons. The molecule has 1 amide bonds. The van der Waals surface area contributed by atoms with Gasteiger partial charge in [-0.1, -0.05) is 13.0 Å². The first kappa shape index (κ1) is 11.1. The second kappa shape index (κ2) is 5.07. The van der Waals surface area contributed by atoms with Crippen molar-refractivity contribution in [1.82, 2.24) is 10.3 Å². The topological polar surface area (TPSA) is 54.0 Å². The van der Waals surface area contributed by atoms with Gasteiger partial charge >= 0.3 is 0 Å². The quantitative estimate of drug-likeness (QED) is 0.790. The van der Waals surface area contributed by atoms with Gasteiger partial charge in [-0.15, -0.1) is 0 Å². The Kier molecular flexibility index (Phi) is 3.51. The van der Waals surface area contributed by atoms with Crippen molar-refractivity contribution in [3.05, 3.63) is 24.4 Å². The largest absolute Gasteiger partial charge is 0.309 e. The zero-order valence-electron chi connectivity index (χ0n) is 9.44. The number of carbonyl (C=O) groups excluding carboxylic acids is 1. The van der Waals surface area contributed by atoms with Crippen molar-refractivity contribution in [2.75, 3.05) is 11.9 Å². The number of hydrogen-bond donors (Lipinski definition) is 2. The summed E-state index contributed by atoms with van der Waals surface area (Å²) >= 11 is 0. The van der Waals surface area contributed by atoms with E-state index in [1.54, 1.807) is 12.3 Å². The fourth-order valence-electron chi connectivity index (χ4n) is 2.04. The zero-order chi connectivity index (χ0) is 11.4. The number of nitrogens with zero attached hydrogens (tertiary/aromatic N) is 1. The number of carbonyl (C=O) groups is 1. The minimum atomic E-state index is -0.0873. The van der Waals surface area contributed by atoms with Crippen LogP contribution in [0, 0.1) is 5.92 Å². The first-order valence-electron chi connectivity index (χ1n) is 5.72. The Balaban J connectivity index is 1.97. The molecule has 16 heavy (non-hydrogen) atoms. The van der Waals surface area contributed by atoms with E-state index in [2.05, 4.69) is 22.5 Å². The number of rotatable bonds is 2. The van der Waals surface area contributed by atoms with Crippen LogP contribution in [0.15, 0.2) is 24.4 Å². The van der Waals surface area contributed by atoms with E-state index < -0.39 is 0 Å². The summed E-state index contributed by atoms with van der Waals surface area (Å²) in [7, 11) is 0. The summed E-state index contributed by atoms with van der Waals surface area (Å²) < 4.78 is 0. The van der Waals surface area contributed by atoms with Gasteiger partial charge in [-0.25, -0.2) is 4.98 Å². The van der Waals surface area contributed by atoms with Crippen LogP contribution in [0.4, 0.5) is 5.82 Å². The molecule has 0 spiro atoms. The lowest BCUT2D eigenvalue weighted by molar-refractivity contribution is -0.119. The van der Waals surface area contributed by atoms with E-state index in [1.165, 1.54) is 0 Å². The third-order valence-corrected chi connectivity index (χ3v) is 2.97. The van der Waals surface area contributed by atoms with E-state index >= 15 is 0 Å². The molecule has 2 N–H and O–H groups in total. The Hall–Kier alpha value is -1.42. The molecule has 0 bridgehead atoms. The highest BCUT2D eigenvalue weighted by atomic mass is 16.2. The number of amides is 1. The molecule has 0 saturated carbocycles. The third kappa shape index (κ3) is 2.58. The first-order valence-corrected chi connectivity index (χ1v) is 5.72. The molecule has 0 aliphatic carbocycles. The average Bonchev–Trinajstić information content (AvgIpc) is 2.31. The van der Waals surface area contributed by atoms with E-state index in [1.807, 2.05) is 12.1 Å². The highest BCUT2D eigenvalue weighted by molar-refractivity contribution is 5.94. The number of hydrogen-bond acceptors (Lipinski definition) is 3. The predicted molar refractivity (Wildman–Crippen MR) is 63.1 cm³/mol. The summed E-state index contributed by atoms with van der Waals surface area (Å²) in [5, 5.41) is 6.08.